The summed E-state index contributed by atoms with van der Waals surface area (Å²) in [5.41, 5.74) is -5.44. The van der Waals surface area contributed by atoms with Gasteiger partial charge >= 0.3 is 15.6 Å². The van der Waals surface area contributed by atoms with Crippen LogP contribution in [0.25, 0.3) is 0 Å². The van der Waals surface area contributed by atoms with Crippen molar-refractivity contribution in [3.8, 4) is 0 Å². The number of carbonyl (C=O) groups excluding carboxylic acids is 1. The van der Waals surface area contributed by atoms with Crippen molar-refractivity contribution in [3.63, 3.8) is 0 Å². The fourth-order valence-electron chi connectivity index (χ4n) is 1.36. The number of halogens is 3. The van der Waals surface area contributed by atoms with Gasteiger partial charge in [0.2, 0.25) is 5.91 Å². The summed E-state index contributed by atoms with van der Waals surface area (Å²) in [6.45, 7) is 1.85. The first-order valence-corrected chi connectivity index (χ1v) is 6.55. The van der Waals surface area contributed by atoms with Crippen molar-refractivity contribution >= 4 is 16.0 Å². The molecule has 0 spiro atoms. The predicted octanol–water partition coefficient (Wildman–Crippen LogP) is 1.38. The molecule has 1 aliphatic heterocycles. The number of rotatable bonds is 3. The quantitative estimate of drug-likeness (QED) is 0.581. The molecule has 104 valence electrons. The van der Waals surface area contributed by atoms with E-state index in [0.29, 0.717) is 0 Å². The van der Waals surface area contributed by atoms with Gasteiger partial charge in [0.15, 0.2) is 0 Å². The molecule has 18 heavy (non-hydrogen) atoms. The van der Waals surface area contributed by atoms with Crippen molar-refractivity contribution in [3.05, 3.63) is 11.8 Å². The molecule has 0 aromatic rings. The average molecular weight is 287 g/mol. The molecule has 0 atom stereocenters. The summed E-state index contributed by atoms with van der Waals surface area (Å²) in [6, 6.07) is 0. The molecule has 0 N–H and O–H groups in total. The minimum atomic E-state index is -5.61. The SMILES string of the molecule is CCC(=O)N1CC=C(OS(=O)(=O)C(F)(F)F)CC1. The molecule has 0 aromatic carbocycles. The van der Waals surface area contributed by atoms with Crippen molar-refractivity contribution in [1.82, 2.24) is 4.90 Å². The molecule has 5 nitrogen and oxygen atoms in total. The third kappa shape index (κ3) is 3.37. The molecule has 0 unspecified atom stereocenters. The maximum absolute atomic E-state index is 12.0. The van der Waals surface area contributed by atoms with Crippen LogP contribution in [0.2, 0.25) is 0 Å². The van der Waals surface area contributed by atoms with Crippen LogP contribution in [-0.2, 0) is 19.1 Å². The lowest BCUT2D eigenvalue weighted by Gasteiger charge is -2.25. The standard InChI is InChI=1S/C9H12F3NO4S/c1-2-8(14)13-5-3-7(4-6-13)17-18(15,16)9(10,11)12/h3H,2,4-6H2,1H3. The van der Waals surface area contributed by atoms with E-state index in [2.05, 4.69) is 4.18 Å². The first-order valence-electron chi connectivity index (χ1n) is 5.15. The molecule has 0 saturated heterocycles. The van der Waals surface area contributed by atoms with Crippen LogP contribution >= 0.6 is 0 Å². The molecular formula is C9H12F3NO4S. The monoisotopic (exact) mass is 287 g/mol. The third-order valence-corrected chi connectivity index (χ3v) is 3.32. The number of alkyl halides is 3. The van der Waals surface area contributed by atoms with Gasteiger partial charge in [-0.15, -0.1) is 0 Å². The van der Waals surface area contributed by atoms with Crippen LogP contribution in [-0.4, -0.2) is 37.8 Å². The van der Waals surface area contributed by atoms with E-state index in [1.54, 1.807) is 6.92 Å². The third-order valence-electron chi connectivity index (χ3n) is 2.32. The zero-order chi connectivity index (χ0) is 14.0. The summed E-state index contributed by atoms with van der Waals surface area (Å²) >= 11 is 0. The maximum atomic E-state index is 12.0. The van der Waals surface area contributed by atoms with Crippen molar-refractivity contribution in [2.45, 2.75) is 25.3 Å². The van der Waals surface area contributed by atoms with E-state index in [1.165, 1.54) is 11.0 Å². The Morgan fingerprint density at radius 1 is 1.50 bits per heavy atom. The van der Waals surface area contributed by atoms with E-state index in [9.17, 15) is 26.4 Å². The highest BCUT2D eigenvalue weighted by atomic mass is 32.2. The van der Waals surface area contributed by atoms with Crippen molar-refractivity contribution in [1.29, 1.82) is 0 Å². The second kappa shape index (κ2) is 5.17. The van der Waals surface area contributed by atoms with Crippen LogP contribution < -0.4 is 0 Å². The van der Waals surface area contributed by atoms with Gasteiger partial charge < -0.3 is 9.08 Å². The molecule has 1 amide bonds. The molecule has 1 heterocycles. The topological polar surface area (TPSA) is 63.7 Å². The Kier molecular flexibility index (Phi) is 4.25. The summed E-state index contributed by atoms with van der Waals surface area (Å²) in [7, 11) is -5.61. The molecule has 1 aliphatic rings. The van der Waals surface area contributed by atoms with Gasteiger partial charge in [-0.25, -0.2) is 0 Å². The fraction of sp³-hybridized carbons (Fsp3) is 0.667. The molecule has 0 radical (unpaired) electrons. The highest BCUT2D eigenvalue weighted by Crippen LogP contribution is 2.28. The molecule has 1 rings (SSSR count). The van der Waals surface area contributed by atoms with Gasteiger partial charge in [0.05, 0.1) is 0 Å². The minimum Gasteiger partial charge on any atom is -0.381 e. The van der Waals surface area contributed by atoms with Crippen LogP contribution in [0.15, 0.2) is 11.8 Å². The van der Waals surface area contributed by atoms with E-state index in [0.717, 1.165) is 0 Å². The molecule has 0 saturated carbocycles. The van der Waals surface area contributed by atoms with Gasteiger partial charge in [-0.05, 0) is 6.08 Å². The molecule has 9 heteroatoms. The molecule has 0 aromatic heterocycles. The summed E-state index contributed by atoms with van der Waals surface area (Å²) in [4.78, 5) is 12.7. The summed E-state index contributed by atoms with van der Waals surface area (Å²) in [5.74, 6) is -0.434. The van der Waals surface area contributed by atoms with Crippen molar-refractivity contribution in [2.75, 3.05) is 13.1 Å². The van der Waals surface area contributed by atoms with Gasteiger partial charge in [0, 0.05) is 25.9 Å². The van der Waals surface area contributed by atoms with Gasteiger partial charge in [0.25, 0.3) is 0 Å². The first-order chi connectivity index (χ1) is 8.17. The second-order valence-electron chi connectivity index (χ2n) is 3.60. The average Bonchev–Trinajstić information content (AvgIpc) is 2.27. The van der Waals surface area contributed by atoms with E-state index < -0.39 is 15.6 Å². The molecule has 0 bridgehead atoms. The summed E-state index contributed by atoms with van der Waals surface area (Å²) < 4.78 is 61.6. The Bertz CT molecular complexity index is 455. The van der Waals surface area contributed by atoms with E-state index in [1.807, 2.05) is 0 Å². The van der Waals surface area contributed by atoms with Crippen LogP contribution in [0.4, 0.5) is 13.2 Å². The minimum absolute atomic E-state index is 0.0510. The van der Waals surface area contributed by atoms with E-state index >= 15 is 0 Å². The second-order valence-corrected chi connectivity index (χ2v) is 5.13. The van der Waals surface area contributed by atoms with Crippen LogP contribution in [0, 0.1) is 0 Å². The Balaban J connectivity index is 2.68. The van der Waals surface area contributed by atoms with Crippen LogP contribution in [0.1, 0.15) is 19.8 Å². The molecular weight excluding hydrogens is 275 g/mol. The number of nitrogens with zero attached hydrogens (tertiary/aromatic N) is 1. The van der Waals surface area contributed by atoms with Gasteiger partial charge in [-0.1, -0.05) is 6.92 Å². The van der Waals surface area contributed by atoms with Crippen LogP contribution in [0.5, 0.6) is 0 Å². The molecule has 0 aliphatic carbocycles. The lowest BCUT2D eigenvalue weighted by molar-refractivity contribution is -0.130. The Hall–Kier alpha value is -1.25. The lowest BCUT2D eigenvalue weighted by atomic mass is 10.2. The van der Waals surface area contributed by atoms with Crippen LogP contribution in [0.3, 0.4) is 0 Å². The Morgan fingerprint density at radius 2 is 2.11 bits per heavy atom. The smallest absolute Gasteiger partial charge is 0.381 e. The number of amides is 1. The predicted molar refractivity (Wildman–Crippen MR) is 55.6 cm³/mol. The highest BCUT2D eigenvalue weighted by molar-refractivity contribution is 7.87. The number of hydrogen-bond acceptors (Lipinski definition) is 4. The van der Waals surface area contributed by atoms with Crippen molar-refractivity contribution < 1.29 is 30.6 Å². The molecule has 0 fully saturated rings. The fourth-order valence-corrected chi connectivity index (χ4v) is 1.89. The van der Waals surface area contributed by atoms with Gasteiger partial charge in [-0.3, -0.25) is 4.79 Å². The number of hydrogen-bond donors (Lipinski definition) is 0. The van der Waals surface area contributed by atoms with E-state index in [4.69, 9.17) is 0 Å². The Labute approximate surface area is 102 Å². The normalized spacial score (nSPS) is 17.3. The maximum Gasteiger partial charge on any atom is 0.534 e. The zero-order valence-corrected chi connectivity index (χ0v) is 10.3. The zero-order valence-electron chi connectivity index (χ0n) is 9.53. The van der Waals surface area contributed by atoms with Gasteiger partial charge in [-0.2, -0.15) is 21.6 Å². The lowest BCUT2D eigenvalue weighted by Crippen LogP contribution is -2.35. The number of carbonyl (C=O) groups is 1. The Morgan fingerprint density at radius 3 is 2.50 bits per heavy atom. The summed E-state index contributed by atoms with van der Waals surface area (Å²) in [6.07, 6.45) is 1.40. The van der Waals surface area contributed by atoms with Gasteiger partial charge in [0.1, 0.15) is 5.76 Å². The van der Waals surface area contributed by atoms with Crippen molar-refractivity contribution in [2.24, 2.45) is 0 Å². The first kappa shape index (κ1) is 14.8. The highest BCUT2D eigenvalue weighted by Gasteiger charge is 2.48. The van der Waals surface area contributed by atoms with E-state index in [-0.39, 0.29) is 37.6 Å². The largest absolute Gasteiger partial charge is 0.534 e. The summed E-state index contributed by atoms with van der Waals surface area (Å²) in [5, 5.41) is 0.